The zero-order chi connectivity index (χ0) is 24.8. The fourth-order valence-electron chi connectivity index (χ4n) is 3.87. The van der Waals surface area contributed by atoms with Crippen LogP contribution in [0, 0.1) is 5.41 Å². The molecule has 0 aliphatic rings. The van der Waals surface area contributed by atoms with Crippen LogP contribution in [0.4, 0.5) is 11.4 Å². The van der Waals surface area contributed by atoms with E-state index in [1.807, 2.05) is 118 Å². The molecule has 0 saturated carbocycles. The van der Waals surface area contributed by atoms with Crippen LogP contribution < -0.4 is 10.6 Å². The SMILES string of the molecule is CC(C)(C)CC(=O)Nc1ccc(SC(C(=O)Nc2cccc3ccccc23)c2ccccc2)cc1. The monoisotopic (exact) mass is 482 g/mol. The molecule has 35 heavy (non-hydrogen) atoms. The van der Waals surface area contributed by atoms with Crippen molar-refractivity contribution in [3.05, 3.63) is 103 Å². The second-order valence-electron chi connectivity index (χ2n) is 9.73. The van der Waals surface area contributed by atoms with Crippen LogP contribution in [-0.4, -0.2) is 11.8 Å². The minimum absolute atomic E-state index is 0.00506. The molecule has 4 rings (SSSR count). The maximum absolute atomic E-state index is 13.5. The summed E-state index contributed by atoms with van der Waals surface area (Å²) in [5.41, 5.74) is 2.41. The van der Waals surface area contributed by atoms with Gasteiger partial charge in [-0.2, -0.15) is 0 Å². The summed E-state index contributed by atoms with van der Waals surface area (Å²) in [6.07, 6.45) is 0.452. The summed E-state index contributed by atoms with van der Waals surface area (Å²) in [7, 11) is 0. The second-order valence-corrected chi connectivity index (χ2v) is 10.9. The molecular weight excluding hydrogens is 452 g/mol. The van der Waals surface area contributed by atoms with Crippen molar-refractivity contribution in [2.24, 2.45) is 5.41 Å². The number of hydrogen-bond donors (Lipinski definition) is 2. The number of carbonyl (C=O) groups is 2. The van der Waals surface area contributed by atoms with Crippen molar-refractivity contribution < 1.29 is 9.59 Å². The van der Waals surface area contributed by atoms with E-state index in [9.17, 15) is 9.59 Å². The summed E-state index contributed by atoms with van der Waals surface area (Å²) in [4.78, 5) is 26.7. The summed E-state index contributed by atoms with van der Waals surface area (Å²) < 4.78 is 0. The molecule has 1 atom stereocenters. The number of hydrogen-bond acceptors (Lipinski definition) is 3. The number of fused-ring (bicyclic) bond motifs is 1. The maximum atomic E-state index is 13.5. The topological polar surface area (TPSA) is 58.2 Å². The van der Waals surface area contributed by atoms with Gasteiger partial charge in [-0.15, -0.1) is 11.8 Å². The molecule has 0 aliphatic heterocycles. The predicted octanol–water partition coefficient (Wildman–Crippen LogP) is 7.69. The Hall–Kier alpha value is -3.57. The second kappa shape index (κ2) is 10.8. The van der Waals surface area contributed by atoms with Gasteiger partial charge < -0.3 is 10.6 Å². The molecular formula is C30H30N2O2S. The third kappa shape index (κ3) is 6.74. The predicted molar refractivity (Wildman–Crippen MR) is 147 cm³/mol. The van der Waals surface area contributed by atoms with Crippen LogP contribution in [0.25, 0.3) is 10.8 Å². The lowest BCUT2D eigenvalue weighted by Gasteiger charge is -2.19. The fourth-order valence-corrected chi connectivity index (χ4v) is 4.90. The lowest BCUT2D eigenvalue weighted by Crippen LogP contribution is -2.19. The molecule has 2 N–H and O–H groups in total. The largest absolute Gasteiger partial charge is 0.326 e. The first kappa shape index (κ1) is 24.6. The molecule has 0 radical (unpaired) electrons. The van der Waals surface area contributed by atoms with Crippen LogP contribution in [0.3, 0.4) is 0 Å². The quantitative estimate of drug-likeness (QED) is 0.266. The standard InChI is InChI=1S/C30H30N2O2S/c1-30(2,3)20-27(33)31-23-16-18-24(19-17-23)35-28(22-11-5-4-6-12-22)29(34)32-26-15-9-13-21-10-7-8-14-25(21)26/h4-19,28H,20H2,1-3H3,(H,31,33)(H,32,34). The Kier molecular flexibility index (Phi) is 7.57. The lowest BCUT2D eigenvalue weighted by atomic mass is 9.92. The van der Waals surface area contributed by atoms with Crippen LogP contribution in [0.5, 0.6) is 0 Å². The Labute approximate surface area is 211 Å². The number of carbonyl (C=O) groups excluding carboxylic acids is 2. The van der Waals surface area contributed by atoms with E-state index in [2.05, 4.69) is 10.6 Å². The Morgan fingerprint density at radius 3 is 2.14 bits per heavy atom. The van der Waals surface area contributed by atoms with Gasteiger partial charge in [0.2, 0.25) is 11.8 Å². The van der Waals surface area contributed by atoms with E-state index in [0.717, 1.165) is 32.6 Å². The molecule has 0 fully saturated rings. The average Bonchev–Trinajstić information content (AvgIpc) is 2.83. The summed E-state index contributed by atoms with van der Waals surface area (Å²) in [5.74, 6) is -0.0883. The highest BCUT2D eigenvalue weighted by Crippen LogP contribution is 2.37. The minimum atomic E-state index is -0.434. The average molecular weight is 483 g/mol. The Bertz CT molecular complexity index is 1310. The summed E-state index contributed by atoms with van der Waals surface area (Å²) in [5, 5.41) is 7.76. The van der Waals surface area contributed by atoms with E-state index < -0.39 is 5.25 Å². The molecule has 0 saturated heterocycles. The van der Waals surface area contributed by atoms with Gasteiger partial charge in [0.1, 0.15) is 5.25 Å². The van der Waals surface area contributed by atoms with Crippen molar-refractivity contribution in [2.75, 3.05) is 10.6 Å². The van der Waals surface area contributed by atoms with Gasteiger partial charge in [0.25, 0.3) is 0 Å². The number of benzene rings is 4. The molecule has 2 amide bonds. The van der Waals surface area contributed by atoms with Gasteiger partial charge in [-0.3, -0.25) is 9.59 Å². The van der Waals surface area contributed by atoms with Crippen molar-refractivity contribution in [3.8, 4) is 0 Å². The first-order chi connectivity index (χ1) is 16.8. The summed E-state index contributed by atoms with van der Waals surface area (Å²) in [6.45, 7) is 6.12. The Morgan fingerprint density at radius 2 is 1.43 bits per heavy atom. The van der Waals surface area contributed by atoms with E-state index in [1.165, 1.54) is 11.8 Å². The van der Waals surface area contributed by atoms with Crippen LogP contribution in [0.15, 0.2) is 102 Å². The van der Waals surface area contributed by atoms with E-state index in [-0.39, 0.29) is 17.2 Å². The van der Waals surface area contributed by atoms with Gasteiger partial charge in [0.15, 0.2) is 0 Å². The first-order valence-electron chi connectivity index (χ1n) is 11.7. The van der Waals surface area contributed by atoms with E-state index in [0.29, 0.717) is 6.42 Å². The number of amides is 2. The van der Waals surface area contributed by atoms with Gasteiger partial charge in [-0.25, -0.2) is 0 Å². The van der Waals surface area contributed by atoms with Crippen molar-refractivity contribution in [1.29, 1.82) is 0 Å². The van der Waals surface area contributed by atoms with Gasteiger partial charge in [0.05, 0.1) is 0 Å². The van der Waals surface area contributed by atoms with Gasteiger partial charge >= 0.3 is 0 Å². The van der Waals surface area contributed by atoms with Crippen molar-refractivity contribution in [3.63, 3.8) is 0 Å². The molecule has 4 nitrogen and oxygen atoms in total. The van der Waals surface area contributed by atoms with E-state index >= 15 is 0 Å². The van der Waals surface area contributed by atoms with E-state index in [4.69, 9.17) is 0 Å². The van der Waals surface area contributed by atoms with Crippen LogP contribution in [0.2, 0.25) is 0 Å². The highest BCUT2D eigenvalue weighted by molar-refractivity contribution is 8.00. The third-order valence-corrected chi connectivity index (χ3v) is 6.74. The highest BCUT2D eigenvalue weighted by Gasteiger charge is 2.23. The number of nitrogens with one attached hydrogen (secondary N) is 2. The third-order valence-electron chi connectivity index (χ3n) is 5.47. The maximum Gasteiger partial charge on any atom is 0.242 e. The highest BCUT2D eigenvalue weighted by atomic mass is 32.2. The summed E-state index contributed by atoms with van der Waals surface area (Å²) in [6, 6.07) is 31.4. The summed E-state index contributed by atoms with van der Waals surface area (Å²) >= 11 is 1.49. The minimum Gasteiger partial charge on any atom is -0.326 e. The fraction of sp³-hybridized carbons (Fsp3) is 0.200. The van der Waals surface area contributed by atoms with Gasteiger partial charge in [-0.05, 0) is 46.7 Å². The number of rotatable bonds is 7. The molecule has 4 aromatic rings. The molecule has 0 heterocycles. The Balaban J connectivity index is 1.53. The number of thioether (sulfide) groups is 1. The molecule has 0 aromatic heterocycles. The molecule has 0 aliphatic carbocycles. The van der Waals surface area contributed by atoms with Crippen molar-refractivity contribution >= 4 is 45.7 Å². The van der Waals surface area contributed by atoms with Crippen LogP contribution in [-0.2, 0) is 9.59 Å². The van der Waals surface area contributed by atoms with Crippen molar-refractivity contribution in [1.82, 2.24) is 0 Å². The molecule has 1 unspecified atom stereocenters. The zero-order valence-electron chi connectivity index (χ0n) is 20.2. The molecule has 0 bridgehead atoms. The van der Waals surface area contributed by atoms with Gasteiger partial charge in [-0.1, -0.05) is 87.5 Å². The first-order valence-corrected chi connectivity index (χ1v) is 12.6. The smallest absolute Gasteiger partial charge is 0.242 e. The lowest BCUT2D eigenvalue weighted by molar-refractivity contribution is -0.118. The number of anilines is 2. The molecule has 4 aromatic carbocycles. The molecule has 5 heteroatoms. The normalized spacial score (nSPS) is 12.2. The van der Waals surface area contributed by atoms with Crippen molar-refractivity contribution in [2.45, 2.75) is 37.3 Å². The van der Waals surface area contributed by atoms with E-state index in [1.54, 1.807) is 0 Å². The molecule has 178 valence electrons. The van der Waals surface area contributed by atoms with Crippen LogP contribution >= 0.6 is 11.8 Å². The van der Waals surface area contributed by atoms with Crippen LogP contribution in [0.1, 0.15) is 38.0 Å². The Morgan fingerprint density at radius 1 is 0.771 bits per heavy atom. The molecule has 0 spiro atoms. The van der Waals surface area contributed by atoms with Gasteiger partial charge in [0, 0.05) is 28.1 Å². The zero-order valence-corrected chi connectivity index (χ0v) is 21.1.